The zero-order valence-corrected chi connectivity index (χ0v) is 10.3. The lowest BCUT2D eigenvalue weighted by atomic mass is 10.3. The van der Waals surface area contributed by atoms with E-state index in [1.54, 1.807) is 18.2 Å². The molecule has 0 aliphatic carbocycles. The van der Waals surface area contributed by atoms with E-state index in [4.69, 9.17) is 36.3 Å². The number of rotatable bonds is 3. The van der Waals surface area contributed by atoms with E-state index in [-0.39, 0.29) is 19.3 Å². The first-order valence-corrected chi connectivity index (χ1v) is 6.21. The van der Waals surface area contributed by atoms with Gasteiger partial charge in [0.25, 0.3) is 0 Å². The zero-order chi connectivity index (χ0) is 11.5. The van der Waals surface area contributed by atoms with E-state index in [1.807, 2.05) is 0 Å². The third kappa shape index (κ3) is 3.09. The van der Waals surface area contributed by atoms with Crippen LogP contribution in [0.15, 0.2) is 18.2 Å². The van der Waals surface area contributed by atoms with Crippen molar-refractivity contribution in [1.29, 1.82) is 0 Å². The van der Waals surface area contributed by atoms with Crippen LogP contribution in [0, 0.1) is 0 Å². The van der Waals surface area contributed by atoms with E-state index in [0.717, 1.165) is 0 Å². The van der Waals surface area contributed by atoms with Gasteiger partial charge >= 0.3 is 11.4 Å². The van der Waals surface area contributed by atoms with Gasteiger partial charge in [-0.05, 0) is 18.2 Å². The zero-order valence-electron chi connectivity index (χ0n) is 8.02. The van der Waals surface area contributed by atoms with Crippen molar-refractivity contribution >= 4 is 34.6 Å². The summed E-state index contributed by atoms with van der Waals surface area (Å²) in [7, 11) is 0. The van der Waals surface area contributed by atoms with Gasteiger partial charge in [-0.3, -0.25) is 8.37 Å². The Hall–Kier alpha value is -0.330. The normalized spacial score (nSPS) is 24.6. The second kappa shape index (κ2) is 5.33. The molecule has 1 aliphatic heterocycles. The predicted molar refractivity (Wildman–Crippen MR) is 60.9 cm³/mol. The van der Waals surface area contributed by atoms with Crippen LogP contribution in [0.25, 0.3) is 0 Å². The summed E-state index contributed by atoms with van der Waals surface area (Å²) in [5.41, 5.74) is 0. The fourth-order valence-corrected chi connectivity index (χ4v) is 2.26. The first-order valence-electron chi connectivity index (χ1n) is 4.45. The van der Waals surface area contributed by atoms with E-state index >= 15 is 0 Å². The van der Waals surface area contributed by atoms with Crippen molar-refractivity contribution in [2.75, 3.05) is 13.2 Å². The van der Waals surface area contributed by atoms with Crippen LogP contribution in [0.4, 0.5) is 0 Å². The number of hydrogen-bond acceptors (Lipinski definition) is 4. The molecule has 0 N–H and O–H groups in total. The first-order chi connectivity index (χ1) is 7.65. The van der Waals surface area contributed by atoms with Crippen LogP contribution < -0.4 is 4.74 Å². The molecule has 0 aromatic heterocycles. The summed E-state index contributed by atoms with van der Waals surface area (Å²) in [6, 6.07) is 4.92. The maximum atomic E-state index is 10.7. The molecule has 1 saturated heterocycles. The molecule has 1 aliphatic rings. The molecule has 0 saturated carbocycles. The van der Waals surface area contributed by atoms with Crippen molar-refractivity contribution in [1.82, 2.24) is 0 Å². The topological polar surface area (TPSA) is 44.8 Å². The first kappa shape index (κ1) is 12.1. The van der Waals surface area contributed by atoms with E-state index in [0.29, 0.717) is 15.8 Å². The largest absolute Gasteiger partial charge is 0.489 e. The number of halogens is 2. The van der Waals surface area contributed by atoms with Gasteiger partial charge in [-0.2, -0.15) is 4.21 Å². The lowest BCUT2D eigenvalue weighted by molar-refractivity contribution is 0.151. The minimum atomic E-state index is -1.65. The molecule has 0 amide bonds. The average Bonchev–Trinajstić information content (AvgIpc) is 2.63. The van der Waals surface area contributed by atoms with Crippen LogP contribution in [-0.2, 0) is 19.7 Å². The molecule has 0 radical (unpaired) electrons. The molecule has 2 atom stereocenters. The molecule has 0 bridgehead atoms. The van der Waals surface area contributed by atoms with E-state index < -0.39 is 11.4 Å². The molecular formula is C9H8Cl2O4S. The van der Waals surface area contributed by atoms with E-state index in [9.17, 15) is 4.21 Å². The molecule has 88 valence electrons. The monoisotopic (exact) mass is 282 g/mol. The fraction of sp³-hybridized carbons (Fsp3) is 0.333. The van der Waals surface area contributed by atoms with Crippen molar-refractivity contribution in [2.24, 2.45) is 0 Å². The van der Waals surface area contributed by atoms with Gasteiger partial charge in [0.05, 0.1) is 11.6 Å². The molecule has 1 aromatic carbocycles. The molecule has 0 spiro atoms. The van der Waals surface area contributed by atoms with Gasteiger partial charge in [0, 0.05) is 5.02 Å². The highest BCUT2D eigenvalue weighted by Gasteiger charge is 2.24. The van der Waals surface area contributed by atoms with Crippen LogP contribution >= 0.6 is 23.2 Å². The smallest absolute Gasteiger partial charge is 0.305 e. The molecule has 2 rings (SSSR count). The molecule has 4 nitrogen and oxygen atoms in total. The Morgan fingerprint density at radius 2 is 2.31 bits per heavy atom. The summed E-state index contributed by atoms with van der Waals surface area (Å²) in [6.45, 7) is 0.477. The fourth-order valence-electron chi connectivity index (χ4n) is 1.15. The number of ether oxygens (including phenoxy) is 1. The van der Waals surface area contributed by atoms with Gasteiger partial charge in [0.1, 0.15) is 18.5 Å². The van der Waals surface area contributed by atoms with Crippen LogP contribution in [-0.4, -0.2) is 23.5 Å². The Morgan fingerprint density at radius 1 is 1.50 bits per heavy atom. The third-order valence-corrected chi connectivity index (χ3v) is 3.17. The Labute approximate surface area is 105 Å². The summed E-state index contributed by atoms with van der Waals surface area (Å²) in [4.78, 5) is 0. The van der Waals surface area contributed by atoms with Gasteiger partial charge in [-0.25, -0.2) is 0 Å². The Bertz CT molecular complexity index is 412. The molecule has 16 heavy (non-hydrogen) atoms. The van der Waals surface area contributed by atoms with Crippen molar-refractivity contribution in [3.8, 4) is 5.75 Å². The van der Waals surface area contributed by atoms with Crippen molar-refractivity contribution in [2.45, 2.75) is 6.10 Å². The Morgan fingerprint density at radius 3 is 2.94 bits per heavy atom. The molecular weight excluding hydrogens is 275 g/mol. The SMILES string of the molecule is O=[S@]1OC[C@H](COc2ccc(Cl)cc2Cl)O1. The van der Waals surface area contributed by atoms with Crippen molar-refractivity contribution in [3.63, 3.8) is 0 Å². The number of hydrogen-bond donors (Lipinski definition) is 0. The molecule has 7 heteroatoms. The minimum absolute atomic E-state index is 0.229. The Balaban J connectivity index is 1.92. The highest BCUT2D eigenvalue weighted by molar-refractivity contribution is 7.75. The van der Waals surface area contributed by atoms with Gasteiger partial charge in [0.2, 0.25) is 0 Å². The summed E-state index contributed by atoms with van der Waals surface area (Å²) in [5, 5.41) is 0.964. The van der Waals surface area contributed by atoms with E-state index in [2.05, 4.69) is 0 Å². The lowest BCUT2D eigenvalue weighted by Gasteiger charge is -2.10. The van der Waals surface area contributed by atoms with Gasteiger partial charge in [-0.15, -0.1) is 0 Å². The van der Waals surface area contributed by atoms with Crippen LogP contribution in [0.1, 0.15) is 0 Å². The van der Waals surface area contributed by atoms with Gasteiger partial charge < -0.3 is 4.74 Å². The molecule has 1 aromatic rings. The Kier molecular flexibility index (Phi) is 4.05. The van der Waals surface area contributed by atoms with Gasteiger partial charge in [-0.1, -0.05) is 23.2 Å². The van der Waals surface area contributed by atoms with Crippen LogP contribution in [0.5, 0.6) is 5.75 Å². The maximum Gasteiger partial charge on any atom is 0.305 e. The summed E-state index contributed by atoms with van der Waals surface area (Å²) >= 11 is 9.99. The standard InChI is InChI=1S/C9H8Cl2O4S/c10-6-1-2-9(8(11)3-6)13-4-7-5-14-16(12)15-7/h1-3,7H,4-5H2/t7-,16-/m0/s1. The summed E-state index contributed by atoms with van der Waals surface area (Å²) in [6.07, 6.45) is -0.340. The number of benzene rings is 1. The third-order valence-electron chi connectivity index (χ3n) is 1.88. The average molecular weight is 283 g/mol. The van der Waals surface area contributed by atoms with E-state index in [1.165, 1.54) is 0 Å². The highest BCUT2D eigenvalue weighted by Crippen LogP contribution is 2.27. The molecule has 0 unspecified atom stereocenters. The summed E-state index contributed by atoms with van der Waals surface area (Å²) in [5.74, 6) is 0.507. The van der Waals surface area contributed by atoms with Crippen molar-refractivity contribution < 1.29 is 17.3 Å². The predicted octanol–water partition coefficient (Wildman–Crippen LogP) is 2.37. The van der Waals surface area contributed by atoms with Crippen molar-refractivity contribution in [3.05, 3.63) is 28.2 Å². The summed E-state index contributed by atoms with van der Waals surface area (Å²) < 4.78 is 25.8. The van der Waals surface area contributed by atoms with Gasteiger partial charge in [0.15, 0.2) is 0 Å². The highest BCUT2D eigenvalue weighted by atomic mass is 35.5. The quantitative estimate of drug-likeness (QED) is 0.854. The van der Waals surface area contributed by atoms with Crippen LogP contribution in [0.3, 0.4) is 0 Å². The second-order valence-electron chi connectivity index (χ2n) is 3.09. The maximum absolute atomic E-state index is 10.7. The second-order valence-corrected chi connectivity index (χ2v) is 4.77. The minimum Gasteiger partial charge on any atom is -0.489 e. The lowest BCUT2D eigenvalue weighted by Crippen LogP contribution is -2.19. The van der Waals surface area contributed by atoms with Crippen LogP contribution in [0.2, 0.25) is 10.0 Å². The molecule has 1 fully saturated rings. The molecule has 1 heterocycles.